The van der Waals surface area contributed by atoms with Gasteiger partial charge in [-0.2, -0.15) is 0 Å². The molecule has 0 aliphatic carbocycles. The fraction of sp³-hybridized carbons (Fsp3) is 0.300. The van der Waals surface area contributed by atoms with E-state index in [-0.39, 0.29) is 0 Å². The molecular formula is C10H11ClO2. The Kier molecular flexibility index (Phi) is 3.32. The fourth-order valence-corrected chi connectivity index (χ4v) is 0.848. The van der Waals surface area contributed by atoms with Crippen molar-refractivity contribution in [2.24, 2.45) is 0 Å². The van der Waals surface area contributed by atoms with Gasteiger partial charge >= 0.3 is 5.97 Å². The highest BCUT2D eigenvalue weighted by Gasteiger charge is 2.10. The van der Waals surface area contributed by atoms with Crippen molar-refractivity contribution in [3.05, 3.63) is 29.8 Å². The molecule has 1 rings (SSSR count). The van der Waals surface area contributed by atoms with E-state index in [4.69, 9.17) is 16.3 Å². The van der Waals surface area contributed by atoms with Crippen LogP contribution in [0.5, 0.6) is 5.75 Å². The van der Waals surface area contributed by atoms with Gasteiger partial charge in [-0.1, -0.05) is 17.7 Å². The molecule has 0 saturated heterocycles. The quantitative estimate of drug-likeness (QED) is 0.415. The fourth-order valence-electron chi connectivity index (χ4n) is 0.804. The minimum Gasteiger partial charge on any atom is -0.425 e. The van der Waals surface area contributed by atoms with Gasteiger partial charge in [0.2, 0.25) is 0 Å². The predicted octanol–water partition coefficient (Wildman–Crippen LogP) is 2.53. The number of hydrogen-bond acceptors (Lipinski definition) is 2. The number of esters is 1. The van der Waals surface area contributed by atoms with E-state index in [9.17, 15) is 4.79 Å². The van der Waals surface area contributed by atoms with Gasteiger partial charge in [0.25, 0.3) is 0 Å². The molecule has 0 fully saturated rings. The number of alkyl halides is 1. The maximum atomic E-state index is 11.0. The largest absolute Gasteiger partial charge is 0.425 e. The Morgan fingerprint density at radius 2 is 1.92 bits per heavy atom. The number of aryl methyl sites for hydroxylation is 1. The van der Waals surface area contributed by atoms with Gasteiger partial charge in [-0.05, 0) is 26.0 Å². The van der Waals surface area contributed by atoms with Gasteiger partial charge in [0.05, 0.1) is 0 Å². The Morgan fingerprint density at radius 1 is 1.38 bits per heavy atom. The summed E-state index contributed by atoms with van der Waals surface area (Å²) < 4.78 is 4.96. The lowest BCUT2D eigenvalue weighted by atomic mass is 10.2. The Morgan fingerprint density at radius 3 is 2.38 bits per heavy atom. The van der Waals surface area contributed by atoms with Crippen LogP contribution in [0.2, 0.25) is 0 Å². The summed E-state index contributed by atoms with van der Waals surface area (Å²) in [5.74, 6) is 0.105. The van der Waals surface area contributed by atoms with Crippen LogP contribution in [0.1, 0.15) is 12.5 Å². The maximum absolute atomic E-state index is 11.0. The average Bonchev–Trinajstić information content (AvgIpc) is 2.08. The highest BCUT2D eigenvalue weighted by atomic mass is 35.5. The minimum absolute atomic E-state index is 0.425. The number of carbonyl (C=O) groups is 1. The third-order valence-corrected chi connectivity index (χ3v) is 1.74. The van der Waals surface area contributed by atoms with Crippen LogP contribution in [-0.2, 0) is 4.79 Å². The molecule has 70 valence electrons. The Balaban J connectivity index is 2.65. The third kappa shape index (κ3) is 3.07. The summed E-state index contributed by atoms with van der Waals surface area (Å²) in [7, 11) is 0. The number of carbonyl (C=O) groups excluding carboxylic acids is 1. The van der Waals surface area contributed by atoms with Gasteiger partial charge in [-0.15, -0.1) is 11.6 Å². The van der Waals surface area contributed by atoms with Crippen molar-refractivity contribution in [1.82, 2.24) is 0 Å². The third-order valence-electron chi connectivity index (χ3n) is 1.56. The highest BCUT2D eigenvalue weighted by Crippen LogP contribution is 2.12. The molecule has 0 N–H and O–H groups in total. The van der Waals surface area contributed by atoms with Crippen LogP contribution in [0.25, 0.3) is 0 Å². The molecule has 0 aliphatic rings. The smallest absolute Gasteiger partial charge is 0.329 e. The van der Waals surface area contributed by atoms with E-state index in [1.165, 1.54) is 0 Å². The Labute approximate surface area is 82.5 Å². The van der Waals surface area contributed by atoms with Crippen molar-refractivity contribution in [3.63, 3.8) is 0 Å². The molecule has 0 saturated carbocycles. The molecule has 0 aliphatic heterocycles. The van der Waals surface area contributed by atoms with Gasteiger partial charge in [-0.25, -0.2) is 0 Å². The molecule has 0 amide bonds. The molecule has 1 aromatic rings. The summed E-state index contributed by atoms with van der Waals surface area (Å²) in [4.78, 5) is 11.0. The lowest BCUT2D eigenvalue weighted by Gasteiger charge is -2.04. The van der Waals surface area contributed by atoms with Gasteiger partial charge in [0, 0.05) is 0 Å². The molecule has 0 radical (unpaired) electrons. The Hall–Kier alpha value is -1.02. The number of hydrogen-bond donors (Lipinski definition) is 0. The summed E-state index contributed by atoms with van der Waals surface area (Å²) in [6.07, 6.45) is 0. The van der Waals surface area contributed by atoms with Gasteiger partial charge in [0.15, 0.2) is 0 Å². The number of halogens is 1. The molecule has 1 unspecified atom stereocenters. The molecule has 1 aromatic carbocycles. The molecule has 0 aromatic heterocycles. The zero-order valence-corrected chi connectivity index (χ0v) is 8.34. The predicted molar refractivity (Wildman–Crippen MR) is 52.1 cm³/mol. The second-order valence-electron chi connectivity index (χ2n) is 2.85. The molecule has 3 heteroatoms. The lowest BCUT2D eigenvalue weighted by Crippen LogP contribution is -2.17. The number of rotatable bonds is 2. The van der Waals surface area contributed by atoms with Gasteiger partial charge < -0.3 is 4.74 Å². The van der Waals surface area contributed by atoms with Crippen molar-refractivity contribution < 1.29 is 9.53 Å². The SMILES string of the molecule is Cc1ccc(OC(=O)C(C)Cl)cc1. The first-order valence-electron chi connectivity index (χ1n) is 4.02. The van der Waals surface area contributed by atoms with Crippen LogP contribution in [0, 0.1) is 6.92 Å². The van der Waals surface area contributed by atoms with E-state index in [2.05, 4.69) is 0 Å². The zero-order chi connectivity index (χ0) is 9.84. The molecular weight excluding hydrogens is 188 g/mol. The van der Waals surface area contributed by atoms with Crippen LogP contribution in [-0.4, -0.2) is 11.3 Å². The van der Waals surface area contributed by atoms with Gasteiger partial charge in [0.1, 0.15) is 11.1 Å². The summed E-state index contributed by atoms with van der Waals surface area (Å²) in [6.45, 7) is 3.55. The summed E-state index contributed by atoms with van der Waals surface area (Å²) in [6, 6.07) is 7.24. The maximum Gasteiger partial charge on any atom is 0.329 e. The van der Waals surface area contributed by atoms with E-state index in [1.807, 2.05) is 19.1 Å². The first kappa shape index (κ1) is 10.1. The van der Waals surface area contributed by atoms with Crippen molar-refractivity contribution in [2.45, 2.75) is 19.2 Å². The van der Waals surface area contributed by atoms with Crippen molar-refractivity contribution >= 4 is 17.6 Å². The van der Waals surface area contributed by atoms with Crippen LogP contribution in [0.15, 0.2) is 24.3 Å². The lowest BCUT2D eigenvalue weighted by molar-refractivity contribution is -0.133. The zero-order valence-electron chi connectivity index (χ0n) is 7.58. The van der Waals surface area contributed by atoms with Crippen LogP contribution in [0.3, 0.4) is 0 Å². The normalized spacial score (nSPS) is 12.2. The average molecular weight is 199 g/mol. The standard InChI is InChI=1S/C10H11ClO2/c1-7-3-5-9(6-4-7)13-10(12)8(2)11/h3-6,8H,1-2H3. The van der Waals surface area contributed by atoms with Crippen LogP contribution < -0.4 is 4.74 Å². The molecule has 0 spiro atoms. The Bertz CT molecular complexity index is 290. The summed E-state index contributed by atoms with van der Waals surface area (Å²) in [5.41, 5.74) is 1.12. The first-order chi connectivity index (χ1) is 6.09. The second kappa shape index (κ2) is 4.28. The van der Waals surface area contributed by atoms with Crippen molar-refractivity contribution in [1.29, 1.82) is 0 Å². The molecule has 0 heterocycles. The van der Waals surface area contributed by atoms with Crippen LogP contribution >= 0.6 is 11.6 Å². The van der Waals surface area contributed by atoms with Crippen LogP contribution in [0.4, 0.5) is 0 Å². The monoisotopic (exact) mass is 198 g/mol. The van der Waals surface area contributed by atoms with E-state index < -0.39 is 11.3 Å². The van der Waals surface area contributed by atoms with E-state index >= 15 is 0 Å². The minimum atomic E-state index is -0.610. The molecule has 1 atom stereocenters. The summed E-state index contributed by atoms with van der Waals surface area (Å²) >= 11 is 5.53. The topological polar surface area (TPSA) is 26.3 Å². The van der Waals surface area contributed by atoms with Crippen molar-refractivity contribution in [2.75, 3.05) is 0 Å². The van der Waals surface area contributed by atoms with E-state index in [1.54, 1.807) is 19.1 Å². The molecule has 2 nitrogen and oxygen atoms in total. The highest BCUT2D eigenvalue weighted by molar-refractivity contribution is 6.29. The summed E-state index contributed by atoms with van der Waals surface area (Å²) in [5, 5.41) is -0.610. The van der Waals surface area contributed by atoms with E-state index in [0.29, 0.717) is 5.75 Å². The number of benzene rings is 1. The van der Waals surface area contributed by atoms with Gasteiger partial charge in [-0.3, -0.25) is 4.79 Å². The molecule has 13 heavy (non-hydrogen) atoms. The second-order valence-corrected chi connectivity index (χ2v) is 3.50. The van der Waals surface area contributed by atoms with E-state index in [0.717, 1.165) is 5.56 Å². The van der Waals surface area contributed by atoms with Crippen molar-refractivity contribution in [3.8, 4) is 5.75 Å². The first-order valence-corrected chi connectivity index (χ1v) is 4.45. The molecule has 0 bridgehead atoms. The number of ether oxygens (including phenoxy) is 1.